The van der Waals surface area contributed by atoms with E-state index in [1.807, 2.05) is 30.3 Å². The molecule has 27 heavy (non-hydrogen) atoms. The maximum absolute atomic E-state index is 12.5. The molecule has 0 saturated carbocycles. The number of carboxylic acids is 1. The summed E-state index contributed by atoms with van der Waals surface area (Å²) in [5.41, 5.74) is 2.11. The van der Waals surface area contributed by atoms with Gasteiger partial charge in [-0.2, -0.15) is 0 Å². The summed E-state index contributed by atoms with van der Waals surface area (Å²) in [4.78, 5) is 37.3. The highest BCUT2D eigenvalue weighted by atomic mass is 16.4. The Balaban J connectivity index is 1.54. The summed E-state index contributed by atoms with van der Waals surface area (Å²) in [5.74, 6) is -1.38. The molecule has 0 aliphatic carbocycles. The summed E-state index contributed by atoms with van der Waals surface area (Å²) in [5, 5.41) is 11.9. The van der Waals surface area contributed by atoms with E-state index < -0.39 is 5.97 Å². The molecular formula is C21H22N2O4. The first-order valence-electron chi connectivity index (χ1n) is 8.99. The number of rotatable bonds is 5. The molecule has 2 aromatic rings. The molecule has 2 aromatic carbocycles. The summed E-state index contributed by atoms with van der Waals surface area (Å²) in [6.07, 6.45) is 1.25. The Morgan fingerprint density at radius 2 is 1.59 bits per heavy atom. The van der Waals surface area contributed by atoms with Crippen LogP contribution in [0.15, 0.2) is 54.6 Å². The lowest BCUT2D eigenvalue weighted by molar-refractivity contribution is -0.143. The number of carbonyl (C=O) groups excluding carboxylic acids is 2. The number of benzene rings is 2. The van der Waals surface area contributed by atoms with E-state index in [9.17, 15) is 14.4 Å². The highest BCUT2D eigenvalue weighted by Crippen LogP contribution is 2.20. The molecule has 2 amide bonds. The van der Waals surface area contributed by atoms with Crippen molar-refractivity contribution in [1.82, 2.24) is 4.90 Å². The number of carbonyl (C=O) groups is 3. The van der Waals surface area contributed by atoms with E-state index in [1.54, 1.807) is 29.2 Å². The predicted octanol–water partition coefficient (Wildman–Crippen LogP) is 2.80. The van der Waals surface area contributed by atoms with E-state index in [0.29, 0.717) is 43.6 Å². The van der Waals surface area contributed by atoms with Crippen LogP contribution in [0.3, 0.4) is 0 Å². The fraction of sp³-hybridized carbons (Fsp3) is 0.286. The summed E-state index contributed by atoms with van der Waals surface area (Å²) in [7, 11) is 0. The van der Waals surface area contributed by atoms with Gasteiger partial charge in [0.2, 0.25) is 5.91 Å². The first kappa shape index (κ1) is 18.6. The molecule has 140 valence electrons. The molecule has 1 fully saturated rings. The minimum atomic E-state index is -0.794. The number of aliphatic carboxylic acids is 1. The predicted molar refractivity (Wildman–Crippen MR) is 101 cm³/mol. The number of piperidine rings is 1. The van der Waals surface area contributed by atoms with Crippen LogP contribution in [0.2, 0.25) is 0 Å². The quantitative estimate of drug-likeness (QED) is 0.852. The smallest absolute Gasteiger partial charge is 0.306 e. The summed E-state index contributed by atoms with van der Waals surface area (Å²) in [6.45, 7) is 0.900. The van der Waals surface area contributed by atoms with Gasteiger partial charge in [0.05, 0.1) is 12.3 Å². The molecule has 2 N–H and O–H groups in total. The molecule has 0 aromatic heterocycles. The molecule has 0 atom stereocenters. The monoisotopic (exact) mass is 366 g/mol. The van der Waals surface area contributed by atoms with Crippen molar-refractivity contribution in [3.8, 4) is 0 Å². The second kappa shape index (κ2) is 8.49. The molecule has 0 spiro atoms. The van der Waals surface area contributed by atoms with Crippen LogP contribution in [-0.2, 0) is 16.0 Å². The molecule has 1 saturated heterocycles. The molecule has 6 nitrogen and oxygen atoms in total. The average Bonchev–Trinajstić information content (AvgIpc) is 2.69. The first-order chi connectivity index (χ1) is 13.0. The Bertz CT molecular complexity index is 810. The topological polar surface area (TPSA) is 86.7 Å². The second-order valence-corrected chi connectivity index (χ2v) is 6.69. The van der Waals surface area contributed by atoms with Gasteiger partial charge in [-0.3, -0.25) is 14.4 Å². The third kappa shape index (κ3) is 4.94. The van der Waals surface area contributed by atoms with Crippen molar-refractivity contribution in [2.75, 3.05) is 18.4 Å². The maximum atomic E-state index is 12.5. The van der Waals surface area contributed by atoms with E-state index >= 15 is 0 Å². The molecule has 6 heteroatoms. The lowest BCUT2D eigenvalue weighted by atomic mass is 9.96. The van der Waals surface area contributed by atoms with Gasteiger partial charge in [-0.25, -0.2) is 0 Å². The van der Waals surface area contributed by atoms with E-state index in [0.717, 1.165) is 5.56 Å². The van der Waals surface area contributed by atoms with E-state index in [2.05, 4.69) is 5.32 Å². The van der Waals surface area contributed by atoms with Gasteiger partial charge in [-0.05, 0) is 42.7 Å². The minimum absolute atomic E-state index is 0.110. The third-order valence-electron chi connectivity index (χ3n) is 4.75. The molecule has 0 bridgehead atoms. The Kier molecular flexibility index (Phi) is 5.86. The highest BCUT2D eigenvalue weighted by molar-refractivity contribution is 5.96. The van der Waals surface area contributed by atoms with Crippen LogP contribution in [-0.4, -0.2) is 40.9 Å². The average molecular weight is 366 g/mol. The maximum Gasteiger partial charge on any atom is 0.306 e. The molecule has 3 rings (SSSR count). The molecular weight excluding hydrogens is 344 g/mol. The van der Waals surface area contributed by atoms with Crippen molar-refractivity contribution >= 4 is 23.5 Å². The number of carboxylic acid groups (broad SMARTS) is 1. The van der Waals surface area contributed by atoms with Crippen molar-refractivity contribution < 1.29 is 19.5 Å². The van der Waals surface area contributed by atoms with Gasteiger partial charge in [0, 0.05) is 24.3 Å². The van der Waals surface area contributed by atoms with Crippen LogP contribution >= 0.6 is 0 Å². The lowest BCUT2D eigenvalue weighted by Crippen LogP contribution is -2.40. The zero-order chi connectivity index (χ0) is 19.2. The summed E-state index contributed by atoms with van der Waals surface area (Å²) >= 11 is 0. The van der Waals surface area contributed by atoms with Crippen molar-refractivity contribution in [2.24, 2.45) is 5.92 Å². The van der Waals surface area contributed by atoms with Gasteiger partial charge in [0.25, 0.3) is 5.91 Å². The molecule has 1 heterocycles. The number of hydrogen-bond acceptors (Lipinski definition) is 3. The van der Waals surface area contributed by atoms with Gasteiger partial charge >= 0.3 is 5.97 Å². The fourth-order valence-electron chi connectivity index (χ4n) is 3.19. The SMILES string of the molecule is O=C(Cc1ccccc1)Nc1ccc(C(=O)N2CCC(C(=O)O)CC2)cc1. The Morgan fingerprint density at radius 3 is 2.19 bits per heavy atom. The van der Waals surface area contributed by atoms with Gasteiger partial charge in [-0.15, -0.1) is 0 Å². The Labute approximate surface area is 157 Å². The van der Waals surface area contributed by atoms with Crippen LogP contribution in [0.4, 0.5) is 5.69 Å². The second-order valence-electron chi connectivity index (χ2n) is 6.69. The van der Waals surface area contributed by atoms with E-state index in [1.165, 1.54) is 0 Å². The normalized spacial score (nSPS) is 14.6. The number of anilines is 1. The summed E-state index contributed by atoms with van der Waals surface area (Å²) < 4.78 is 0. The first-order valence-corrected chi connectivity index (χ1v) is 8.99. The third-order valence-corrected chi connectivity index (χ3v) is 4.75. The van der Waals surface area contributed by atoms with Crippen LogP contribution in [0.25, 0.3) is 0 Å². The number of nitrogens with zero attached hydrogens (tertiary/aromatic N) is 1. The van der Waals surface area contributed by atoms with Crippen LogP contribution in [0.5, 0.6) is 0 Å². The van der Waals surface area contributed by atoms with Gasteiger partial charge in [0.1, 0.15) is 0 Å². The number of likely N-dealkylation sites (tertiary alicyclic amines) is 1. The molecule has 1 aliphatic rings. The van der Waals surface area contributed by atoms with Crippen molar-refractivity contribution in [2.45, 2.75) is 19.3 Å². The highest BCUT2D eigenvalue weighted by Gasteiger charge is 2.27. The fourth-order valence-corrected chi connectivity index (χ4v) is 3.19. The largest absolute Gasteiger partial charge is 0.481 e. The lowest BCUT2D eigenvalue weighted by Gasteiger charge is -2.30. The zero-order valence-corrected chi connectivity index (χ0v) is 14.9. The van der Waals surface area contributed by atoms with Gasteiger partial charge in [0.15, 0.2) is 0 Å². The van der Waals surface area contributed by atoms with Gasteiger partial charge in [-0.1, -0.05) is 30.3 Å². The van der Waals surface area contributed by atoms with Crippen molar-refractivity contribution in [3.63, 3.8) is 0 Å². The van der Waals surface area contributed by atoms with Gasteiger partial charge < -0.3 is 15.3 Å². The van der Waals surface area contributed by atoms with E-state index in [-0.39, 0.29) is 17.7 Å². The minimum Gasteiger partial charge on any atom is -0.481 e. The standard InChI is InChI=1S/C21H22N2O4/c24-19(14-15-4-2-1-3-5-15)22-18-8-6-16(7-9-18)20(25)23-12-10-17(11-13-23)21(26)27/h1-9,17H,10-14H2,(H,22,24)(H,26,27). The van der Waals surface area contributed by atoms with Crippen LogP contribution < -0.4 is 5.32 Å². The number of amides is 2. The number of nitrogens with one attached hydrogen (secondary N) is 1. The summed E-state index contributed by atoms with van der Waals surface area (Å²) in [6, 6.07) is 16.3. The van der Waals surface area contributed by atoms with Crippen LogP contribution in [0.1, 0.15) is 28.8 Å². The van der Waals surface area contributed by atoms with Crippen LogP contribution in [0, 0.1) is 5.92 Å². The van der Waals surface area contributed by atoms with Crippen molar-refractivity contribution in [3.05, 3.63) is 65.7 Å². The zero-order valence-electron chi connectivity index (χ0n) is 14.9. The Hall–Kier alpha value is -3.15. The molecule has 0 unspecified atom stereocenters. The van der Waals surface area contributed by atoms with Crippen molar-refractivity contribution in [1.29, 1.82) is 0 Å². The number of hydrogen-bond donors (Lipinski definition) is 2. The molecule has 0 radical (unpaired) electrons. The van der Waals surface area contributed by atoms with E-state index in [4.69, 9.17) is 5.11 Å². The Morgan fingerprint density at radius 1 is 0.963 bits per heavy atom. The molecule has 1 aliphatic heterocycles.